The van der Waals surface area contributed by atoms with Crippen LogP contribution >= 0.6 is 34.7 Å². The smallest absolute Gasteiger partial charge is 0.234 e. The number of hydrogen-bond acceptors (Lipinski definition) is 6. The molecular formula is C13H13ClN4O2S2. The number of nitrogens with zero attached hydrogens (tertiary/aromatic N) is 2. The van der Waals surface area contributed by atoms with E-state index in [0.717, 1.165) is 0 Å². The molecule has 0 radical (unpaired) electrons. The number of carbonyl (C=O) groups is 2. The second-order valence-electron chi connectivity index (χ2n) is 4.09. The lowest BCUT2D eigenvalue weighted by molar-refractivity contribution is -0.116. The maximum absolute atomic E-state index is 11.9. The van der Waals surface area contributed by atoms with Crippen molar-refractivity contribution in [2.75, 3.05) is 16.4 Å². The first-order valence-electron chi connectivity index (χ1n) is 6.39. The predicted molar refractivity (Wildman–Crippen MR) is 89.6 cm³/mol. The summed E-state index contributed by atoms with van der Waals surface area (Å²) >= 11 is 8.45. The fraction of sp³-hybridized carbons (Fsp3) is 0.231. The predicted octanol–water partition coefficient (Wildman–Crippen LogP) is 3.27. The Balaban J connectivity index is 1.84. The monoisotopic (exact) mass is 356 g/mol. The van der Waals surface area contributed by atoms with Crippen LogP contribution in [0.3, 0.4) is 0 Å². The van der Waals surface area contributed by atoms with Crippen molar-refractivity contribution in [3.63, 3.8) is 0 Å². The van der Waals surface area contributed by atoms with Gasteiger partial charge in [-0.3, -0.25) is 9.59 Å². The van der Waals surface area contributed by atoms with Crippen LogP contribution in [-0.4, -0.2) is 27.8 Å². The van der Waals surface area contributed by atoms with Crippen molar-refractivity contribution in [1.29, 1.82) is 0 Å². The van der Waals surface area contributed by atoms with Gasteiger partial charge in [0.25, 0.3) is 0 Å². The molecule has 2 N–H and O–H groups in total. The van der Waals surface area contributed by atoms with Crippen molar-refractivity contribution in [1.82, 2.24) is 10.2 Å². The molecule has 116 valence electrons. The average Bonchev–Trinajstić information content (AvgIpc) is 2.95. The first-order valence-corrected chi connectivity index (χ1v) is 8.57. The van der Waals surface area contributed by atoms with Crippen LogP contribution in [0.15, 0.2) is 28.6 Å². The van der Waals surface area contributed by atoms with E-state index in [1.54, 1.807) is 31.2 Å². The van der Waals surface area contributed by atoms with Crippen LogP contribution in [0.4, 0.5) is 10.8 Å². The molecule has 9 heteroatoms. The molecule has 1 heterocycles. The Bertz CT molecular complexity index is 678. The van der Waals surface area contributed by atoms with Crippen molar-refractivity contribution in [3.8, 4) is 0 Å². The van der Waals surface area contributed by atoms with E-state index < -0.39 is 0 Å². The summed E-state index contributed by atoms with van der Waals surface area (Å²) < 4.78 is 0.612. The van der Waals surface area contributed by atoms with E-state index in [4.69, 9.17) is 11.6 Å². The van der Waals surface area contributed by atoms with Crippen LogP contribution in [-0.2, 0) is 9.59 Å². The Morgan fingerprint density at radius 2 is 2.00 bits per heavy atom. The number of carbonyl (C=O) groups excluding carboxylic acids is 2. The lowest BCUT2D eigenvalue weighted by Crippen LogP contribution is -2.14. The van der Waals surface area contributed by atoms with E-state index >= 15 is 0 Å². The van der Waals surface area contributed by atoms with Gasteiger partial charge < -0.3 is 10.6 Å². The highest BCUT2D eigenvalue weighted by atomic mass is 35.5. The minimum absolute atomic E-state index is 0.121. The third-order valence-electron chi connectivity index (χ3n) is 2.45. The molecule has 0 fully saturated rings. The lowest BCUT2D eigenvalue weighted by Gasteiger charge is -2.05. The van der Waals surface area contributed by atoms with Gasteiger partial charge >= 0.3 is 0 Å². The van der Waals surface area contributed by atoms with Gasteiger partial charge in [0.1, 0.15) is 0 Å². The normalized spacial score (nSPS) is 10.3. The molecule has 0 unspecified atom stereocenters. The fourth-order valence-corrected chi connectivity index (χ4v) is 3.15. The molecule has 0 saturated heterocycles. The van der Waals surface area contributed by atoms with Gasteiger partial charge in [-0.05, 0) is 12.1 Å². The summed E-state index contributed by atoms with van der Waals surface area (Å²) in [6.07, 6.45) is 0.377. The van der Waals surface area contributed by atoms with Crippen molar-refractivity contribution in [2.24, 2.45) is 0 Å². The number of para-hydroxylation sites is 1. The number of nitrogens with one attached hydrogen (secondary N) is 2. The molecule has 6 nitrogen and oxygen atoms in total. The number of rotatable bonds is 6. The molecule has 0 saturated carbocycles. The van der Waals surface area contributed by atoms with Gasteiger partial charge in [0.05, 0.1) is 16.5 Å². The van der Waals surface area contributed by atoms with Gasteiger partial charge in [-0.25, -0.2) is 0 Å². The average molecular weight is 357 g/mol. The highest BCUT2D eigenvalue weighted by molar-refractivity contribution is 8.01. The molecule has 0 aliphatic heterocycles. The molecule has 1 aromatic carbocycles. The molecule has 0 aliphatic rings. The number of amides is 2. The molecule has 1 aromatic heterocycles. The molecule has 0 spiro atoms. The molecule has 0 atom stereocenters. The zero-order valence-electron chi connectivity index (χ0n) is 11.6. The van der Waals surface area contributed by atoms with E-state index in [1.807, 2.05) is 0 Å². The third-order valence-corrected chi connectivity index (χ3v) is 4.75. The van der Waals surface area contributed by atoms with E-state index in [9.17, 15) is 9.59 Å². The number of halogens is 1. The van der Waals surface area contributed by atoms with Crippen LogP contribution in [0.2, 0.25) is 5.02 Å². The highest BCUT2D eigenvalue weighted by Gasteiger charge is 2.10. The number of aromatic nitrogens is 2. The number of thioether (sulfide) groups is 1. The Kier molecular flexibility index (Phi) is 6.17. The van der Waals surface area contributed by atoms with Crippen LogP contribution in [0.1, 0.15) is 13.3 Å². The first-order chi connectivity index (χ1) is 10.6. The maximum Gasteiger partial charge on any atom is 0.234 e. The molecule has 2 rings (SSSR count). The molecular weight excluding hydrogens is 344 g/mol. The summed E-state index contributed by atoms with van der Waals surface area (Å²) in [5.41, 5.74) is 0.572. The summed E-state index contributed by atoms with van der Waals surface area (Å²) in [6.45, 7) is 1.76. The standard InChI is InChI=1S/C13H13ClN4O2S2/c1-2-10(19)16-12-17-18-13(22-12)21-7-11(20)15-9-6-4-3-5-8(9)14/h3-6H,2,7H2,1H3,(H,15,20)(H,16,17,19). The second kappa shape index (κ2) is 8.11. The van der Waals surface area contributed by atoms with Crippen molar-refractivity contribution in [3.05, 3.63) is 29.3 Å². The van der Waals surface area contributed by atoms with Crippen LogP contribution in [0, 0.1) is 0 Å². The topological polar surface area (TPSA) is 84.0 Å². The molecule has 0 aliphatic carbocycles. The fourth-order valence-electron chi connectivity index (χ4n) is 1.40. The molecule has 2 amide bonds. The Hall–Kier alpha value is -1.64. The van der Waals surface area contributed by atoms with Gasteiger partial charge in [-0.15, -0.1) is 10.2 Å². The van der Waals surface area contributed by atoms with Crippen LogP contribution in [0.5, 0.6) is 0 Å². The second-order valence-corrected chi connectivity index (χ2v) is 6.70. The van der Waals surface area contributed by atoms with E-state index in [2.05, 4.69) is 20.8 Å². The third kappa shape index (κ3) is 4.97. The zero-order valence-corrected chi connectivity index (χ0v) is 14.0. The first kappa shape index (κ1) is 16.7. The van der Waals surface area contributed by atoms with Crippen LogP contribution in [0.25, 0.3) is 0 Å². The van der Waals surface area contributed by atoms with E-state index in [0.29, 0.717) is 26.6 Å². The van der Waals surface area contributed by atoms with Crippen LogP contribution < -0.4 is 10.6 Å². The quantitative estimate of drug-likeness (QED) is 0.613. The van der Waals surface area contributed by atoms with Crippen molar-refractivity contribution in [2.45, 2.75) is 17.7 Å². The maximum atomic E-state index is 11.9. The summed E-state index contributed by atoms with van der Waals surface area (Å²) in [4.78, 5) is 23.1. The summed E-state index contributed by atoms with van der Waals surface area (Å²) in [7, 11) is 0. The number of benzene rings is 1. The summed E-state index contributed by atoms with van der Waals surface area (Å²) in [5.74, 6) is -0.127. The summed E-state index contributed by atoms with van der Waals surface area (Å²) in [5, 5.41) is 14.0. The molecule has 22 heavy (non-hydrogen) atoms. The van der Waals surface area contributed by atoms with Crippen molar-refractivity contribution < 1.29 is 9.59 Å². The minimum atomic E-state index is -0.188. The van der Waals surface area contributed by atoms with Gasteiger partial charge in [-0.1, -0.05) is 53.8 Å². The molecule has 0 bridgehead atoms. The molecule has 2 aromatic rings. The lowest BCUT2D eigenvalue weighted by atomic mass is 10.3. The van der Waals surface area contributed by atoms with E-state index in [-0.39, 0.29) is 17.6 Å². The number of anilines is 2. The van der Waals surface area contributed by atoms with E-state index in [1.165, 1.54) is 23.1 Å². The Labute approximate surface area is 140 Å². The zero-order chi connectivity index (χ0) is 15.9. The Morgan fingerprint density at radius 3 is 2.73 bits per heavy atom. The van der Waals surface area contributed by atoms with Gasteiger partial charge in [0.15, 0.2) is 4.34 Å². The summed E-state index contributed by atoms with van der Waals surface area (Å²) in [6, 6.07) is 7.02. The number of hydrogen-bond donors (Lipinski definition) is 2. The van der Waals surface area contributed by atoms with Gasteiger partial charge in [0.2, 0.25) is 16.9 Å². The largest absolute Gasteiger partial charge is 0.324 e. The minimum Gasteiger partial charge on any atom is -0.324 e. The SMILES string of the molecule is CCC(=O)Nc1nnc(SCC(=O)Nc2ccccc2Cl)s1. The van der Waals surface area contributed by atoms with Gasteiger partial charge in [-0.2, -0.15) is 0 Å². The highest BCUT2D eigenvalue weighted by Crippen LogP contribution is 2.26. The van der Waals surface area contributed by atoms with Crippen molar-refractivity contribution >= 4 is 57.3 Å². The van der Waals surface area contributed by atoms with Gasteiger partial charge in [0, 0.05) is 6.42 Å². The Morgan fingerprint density at radius 1 is 1.23 bits per heavy atom.